The third kappa shape index (κ3) is 2.50. The van der Waals surface area contributed by atoms with Crippen LogP contribution in [0.2, 0.25) is 0 Å². The molecule has 15 heavy (non-hydrogen) atoms. The van der Waals surface area contributed by atoms with Crippen LogP contribution in [-0.2, 0) is 6.42 Å². The summed E-state index contributed by atoms with van der Waals surface area (Å²) in [5, 5.41) is 3.78. The predicted octanol–water partition coefficient (Wildman–Crippen LogP) is 2.88. The van der Waals surface area contributed by atoms with Crippen molar-refractivity contribution in [2.24, 2.45) is 0 Å². The molecule has 0 amide bonds. The van der Waals surface area contributed by atoms with Gasteiger partial charge in [-0.1, -0.05) is 6.07 Å². The van der Waals surface area contributed by atoms with Gasteiger partial charge in [0.2, 0.25) is 0 Å². The van der Waals surface area contributed by atoms with E-state index < -0.39 is 0 Å². The third-order valence-electron chi connectivity index (χ3n) is 2.16. The number of aromatic nitrogens is 1. The first-order chi connectivity index (χ1) is 7.25. The molecular formula is C12H11NOS. The predicted molar refractivity (Wildman–Crippen MR) is 61.3 cm³/mol. The van der Waals surface area contributed by atoms with Crippen molar-refractivity contribution in [2.45, 2.75) is 13.3 Å². The summed E-state index contributed by atoms with van der Waals surface area (Å²) in [7, 11) is 0. The summed E-state index contributed by atoms with van der Waals surface area (Å²) in [5.41, 5.74) is 2.72. The average molecular weight is 217 g/mol. The Hall–Kier alpha value is -1.48. The summed E-state index contributed by atoms with van der Waals surface area (Å²) in [6.45, 7) is 1.98. The highest BCUT2D eigenvalue weighted by atomic mass is 32.1. The molecule has 0 unspecified atom stereocenters. The average Bonchev–Trinajstić information content (AvgIpc) is 2.74. The lowest BCUT2D eigenvalue weighted by Crippen LogP contribution is -2.03. The summed E-state index contributed by atoms with van der Waals surface area (Å²) >= 11 is 1.54. The zero-order valence-corrected chi connectivity index (χ0v) is 9.25. The molecule has 2 rings (SSSR count). The van der Waals surface area contributed by atoms with E-state index in [1.54, 1.807) is 6.20 Å². The molecule has 0 aliphatic heterocycles. The van der Waals surface area contributed by atoms with Gasteiger partial charge in [-0.3, -0.25) is 9.78 Å². The molecule has 0 N–H and O–H groups in total. The number of Topliss-reactive ketones (excluding diaryl/α,β-unsaturated/α-hetero) is 1. The van der Waals surface area contributed by atoms with Gasteiger partial charge in [0, 0.05) is 22.8 Å². The van der Waals surface area contributed by atoms with E-state index in [-0.39, 0.29) is 5.78 Å². The van der Waals surface area contributed by atoms with E-state index in [0.29, 0.717) is 6.42 Å². The summed E-state index contributed by atoms with van der Waals surface area (Å²) in [5.74, 6) is 0.132. The highest BCUT2D eigenvalue weighted by Gasteiger charge is 2.07. The van der Waals surface area contributed by atoms with Gasteiger partial charge in [0.15, 0.2) is 5.78 Å². The van der Waals surface area contributed by atoms with E-state index in [9.17, 15) is 4.79 Å². The maximum absolute atomic E-state index is 11.7. The second-order valence-corrected chi connectivity index (χ2v) is 4.22. The smallest absolute Gasteiger partial charge is 0.169 e. The van der Waals surface area contributed by atoms with Gasteiger partial charge in [-0.2, -0.15) is 11.3 Å². The van der Waals surface area contributed by atoms with Crippen LogP contribution in [0.3, 0.4) is 0 Å². The molecule has 0 saturated carbocycles. The topological polar surface area (TPSA) is 30.0 Å². The van der Waals surface area contributed by atoms with Crippen LogP contribution >= 0.6 is 11.3 Å². The zero-order chi connectivity index (χ0) is 10.7. The number of aryl methyl sites for hydroxylation is 1. The molecule has 2 aromatic heterocycles. The largest absolute Gasteiger partial charge is 0.294 e. The van der Waals surface area contributed by atoms with Gasteiger partial charge >= 0.3 is 0 Å². The lowest BCUT2D eigenvalue weighted by molar-refractivity contribution is 0.0992. The first kappa shape index (κ1) is 10.1. The fourth-order valence-electron chi connectivity index (χ4n) is 1.29. The summed E-state index contributed by atoms with van der Waals surface area (Å²) < 4.78 is 0. The minimum Gasteiger partial charge on any atom is -0.294 e. The van der Waals surface area contributed by atoms with Crippen molar-refractivity contribution in [3.05, 3.63) is 52.0 Å². The van der Waals surface area contributed by atoms with Crippen molar-refractivity contribution >= 4 is 17.1 Å². The van der Waals surface area contributed by atoms with Crippen LogP contribution in [-0.4, -0.2) is 10.8 Å². The van der Waals surface area contributed by atoms with E-state index >= 15 is 0 Å². The molecule has 0 fully saturated rings. The molecule has 0 spiro atoms. The fourth-order valence-corrected chi connectivity index (χ4v) is 1.95. The maximum Gasteiger partial charge on any atom is 0.169 e. The molecule has 0 aromatic carbocycles. The highest BCUT2D eigenvalue weighted by molar-refractivity contribution is 7.08. The molecule has 0 saturated heterocycles. The molecule has 0 radical (unpaired) electrons. The van der Waals surface area contributed by atoms with Crippen molar-refractivity contribution in [3.63, 3.8) is 0 Å². The quantitative estimate of drug-likeness (QED) is 0.740. The molecule has 2 heterocycles. The fraction of sp³-hybridized carbons (Fsp3) is 0.167. The van der Waals surface area contributed by atoms with Gasteiger partial charge in [-0.05, 0) is 30.0 Å². The van der Waals surface area contributed by atoms with Crippen molar-refractivity contribution < 1.29 is 4.79 Å². The Morgan fingerprint density at radius 2 is 2.27 bits per heavy atom. The molecule has 2 aromatic rings. The monoisotopic (exact) mass is 217 g/mol. The summed E-state index contributed by atoms with van der Waals surface area (Å²) in [6.07, 6.45) is 2.17. The number of carbonyl (C=O) groups is 1. The first-order valence-corrected chi connectivity index (χ1v) is 5.67. The van der Waals surface area contributed by atoms with Gasteiger partial charge in [-0.25, -0.2) is 0 Å². The number of hydrogen-bond acceptors (Lipinski definition) is 3. The van der Waals surface area contributed by atoms with E-state index in [1.165, 1.54) is 11.3 Å². The number of nitrogens with zero attached hydrogens (tertiary/aromatic N) is 1. The van der Waals surface area contributed by atoms with E-state index in [1.807, 2.05) is 35.9 Å². The number of rotatable bonds is 3. The minimum atomic E-state index is 0.132. The van der Waals surface area contributed by atoms with Crippen molar-refractivity contribution in [1.29, 1.82) is 0 Å². The molecular weight excluding hydrogens is 206 g/mol. The van der Waals surface area contributed by atoms with Crippen LogP contribution in [0.5, 0.6) is 0 Å². The Morgan fingerprint density at radius 1 is 1.40 bits per heavy atom. The number of pyridine rings is 1. The highest BCUT2D eigenvalue weighted by Crippen LogP contribution is 2.10. The van der Waals surface area contributed by atoms with Crippen LogP contribution in [0.15, 0.2) is 35.2 Å². The first-order valence-electron chi connectivity index (χ1n) is 4.72. The van der Waals surface area contributed by atoms with E-state index in [0.717, 1.165) is 16.8 Å². The van der Waals surface area contributed by atoms with Gasteiger partial charge in [0.25, 0.3) is 0 Å². The second kappa shape index (κ2) is 4.36. The van der Waals surface area contributed by atoms with Crippen LogP contribution in [0, 0.1) is 6.92 Å². The molecule has 0 bridgehead atoms. The number of ketones is 1. The Kier molecular flexibility index (Phi) is 2.92. The summed E-state index contributed by atoms with van der Waals surface area (Å²) in [6, 6.07) is 5.73. The molecule has 0 atom stereocenters. The second-order valence-electron chi connectivity index (χ2n) is 3.44. The van der Waals surface area contributed by atoms with Crippen molar-refractivity contribution in [3.8, 4) is 0 Å². The Labute approximate surface area is 92.6 Å². The maximum atomic E-state index is 11.7. The van der Waals surface area contributed by atoms with Crippen LogP contribution in [0.25, 0.3) is 0 Å². The molecule has 3 heteroatoms. The summed E-state index contributed by atoms with van der Waals surface area (Å²) in [4.78, 5) is 15.9. The Morgan fingerprint density at radius 3 is 2.87 bits per heavy atom. The molecule has 76 valence electrons. The molecule has 0 aliphatic rings. The van der Waals surface area contributed by atoms with Crippen LogP contribution < -0.4 is 0 Å². The van der Waals surface area contributed by atoms with Crippen molar-refractivity contribution in [2.75, 3.05) is 0 Å². The van der Waals surface area contributed by atoms with Crippen molar-refractivity contribution in [1.82, 2.24) is 4.98 Å². The van der Waals surface area contributed by atoms with Crippen LogP contribution in [0.4, 0.5) is 0 Å². The van der Waals surface area contributed by atoms with Crippen LogP contribution in [0.1, 0.15) is 21.6 Å². The molecule has 2 nitrogen and oxygen atoms in total. The Bertz CT molecular complexity index is 445. The van der Waals surface area contributed by atoms with Gasteiger partial charge < -0.3 is 0 Å². The third-order valence-corrected chi connectivity index (χ3v) is 2.84. The minimum absolute atomic E-state index is 0.132. The number of thiophene rings is 1. The number of carbonyl (C=O) groups excluding carboxylic acids is 1. The number of hydrogen-bond donors (Lipinski definition) is 0. The molecule has 0 aliphatic carbocycles. The van der Waals surface area contributed by atoms with Gasteiger partial charge in [0.05, 0.1) is 6.42 Å². The van der Waals surface area contributed by atoms with E-state index in [4.69, 9.17) is 0 Å². The SMILES string of the molecule is Cc1ccc(CC(=O)c2ccsc2)nc1. The standard InChI is InChI=1S/C12H11NOS/c1-9-2-3-11(13-7-9)6-12(14)10-4-5-15-8-10/h2-5,7-8H,6H2,1H3. The van der Waals surface area contributed by atoms with Gasteiger partial charge in [-0.15, -0.1) is 0 Å². The van der Waals surface area contributed by atoms with Gasteiger partial charge in [0.1, 0.15) is 0 Å². The normalized spacial score (nSPS) is 10.2. The van der Waals surface area contributed by atoms with E-state index in [2.05, 4.69) is 4.98 Å². The Balaban J connectivity index is 2.09. The lowest BCUT2D eigenvalue weighted by atomic mass is 10.1. The lowest BCUT2D eigenvalue weighted by Gasteiger charge is -1.99. The zero-order valence-electron chi connectivity index (χ0n) is 8.43.